The van der Waals surface area contributed by atoms with Crippen molar-refractivity contribution in [2.75, 3.05) is 20.3 Å². The summed E-state index contributed by atoms with van der Waals surface area (Å²) >= 11 is 1.74. The predicted octanol–water partition coefficient (Wildman–Crippen LogP) is 1.62. The van der Waals surface area contributed by atoms with Crippen LogP contribution in [-0.4, -0.2) is 30.5 Å². The SMILES string of the molecule is COCCNCc1nnc(CC2CCC2)s1. The van der Waals surface area contributed by atoms with E-state index in [9.17, 15) is 0 Å². The lowest BCUT2D eigenvalue weighted by molar-refractivity contribution is 0.199. The number of nitrogens with one attached hydrogen (secondary N) is 1. The lowest BCUT2D eigenvalue weighted by Gasteiger charge is -2.23. The summed E-state index contributed by atoms with van der Waals surface area (Å²) in [4.78, 5) is 0. The molecule has 1 N–H and O–H groups in total. The molecule has 5 heteroatoms. The summed E-state index contributed by atoms with van der Waals surface area (Å²) in [6, 6.07) is 0. The van der Waals surface area contributed by atoms with Gasteiger partial charge in [0, 0.05) is 26.6 Å². The molecule has 0 saturated heterocycles. The molecule has 90 valence electrons. The number of nitrogens with zero attached hydrogens (tertiary/aromatic N) is 2. The summed E-state index contributed by atoms with van der Waals surface area (Å²) < 4.78 is 4.96. The number of rotatable bonds is 7. The van der Waals surface area contributed by atoms with Gasteiger partial charge in [0.25, 0.3) is 0 Å². The summed E-state index contributed by atoms with van der Waals surface area (Å²) in [5.74, 6) is 0.877. The molecule has 2 rings (SSSR count). The maximum absolute atomic E-state index is 4.96. The van der Waals surface area contributed by atoms with Crippen LogP contribution in [0.5, 0.6) is 0 Å². The average Bonchev–Trinajstić information content (AvgIpc) is 2.67. The zero-order valence-electron chi connectivity index (χ0n) is 9.74. The molecule has 1 aliphatic rings. The van der Waals surface area contributed by atoms with Crippen LogP contribution in [-0.2, 0) is 17.7 Å². The fourth-order valence-electron chi connectivity index (χ4n) is 1.76. The predicted molar refractivity (Wildman–Crippen MR) is 64.5 cm³/mol. The first kappa shape index (κ1) is 12.0. The van der Waals surface area contributed by atoms with E-state index in [1.165, 1.54) is 24.3 Å². The third-order valence-electron chi connectivity index (χ3n) is 2.96. The summed E-state index contributed by atoms with van der Waals surface area (Å²) in [5, 5.41) is 14.0. The van der Waals surface area contributed by atoms with E-state index in [-0.39, 0.29) is 0 Å². The smallest absolute Gasteiger partial charge is 0.131 e. The van der Waals surface area contributed by atoms with E-state index in [0.29, 0.717) is 0 Å². The molecule has 4 nitrogen and oxygen atoms in total. The van der Waals surface area contributed by atoms with Crippen molar-refractivity contribution in [2.24, 2.45) is 5.92 Å². The number of hydrogen-bond donors (Lipinski definition) is 1. The van der Waals surface area contributed by atoms with E-state index in [1.54, 1.807) is 18.4 Å². The molecular weight excluding hydrogens is 222 g/mol. The van der Waals surface area contributed by atoms with E-state index in [0.717, 1.165) is 37.0 Å². The monoisotopic (exact) mass is 241 g/mol. The van der Waals surface area contributed by atoms with Crippen molar-refractivity contribution in [3.8, 4) is 0 Å². The molecule has 0 atom stereocenters. The van der Waals surface area contributed by atoms with Gasteiger partial charge >= 0.3 is 0 Å². The van der Waals surface area contributed by atoms with Gasteiger partial charge in [0.2, 0.25) is 0 Å². The van der Waals surface area contributed by atoms with Crippen molar-refractivity contribution in [2.45, 2.75) is 32.2 Å². The molecule has 1 aromatic heterocycles. The Hall–Kier alpha value is -0.520. The van der Waals surface area contributed by atoms with E-state index in [2.05, 4.69) is 15.5 Å². The first-order valence-corrected chi connectivity index (χ1v) is 6.71. The molecule has 0 aromatic carbocycles. The third kappa shape index (κ3) is 3.50. The Morgan fingerprint density at radius 3 is 2.88 bits per heavy atom. The minimum absolute atomic E-state index is 0.744. The summed E-state index contributed by atoms with van der Waals surface area (Å²) in [7, 11) is 1.71. The van der Waals surface area contributed by atoms with Crippen molar-refractivity contribution < 1.29 is 4.74 Å². The topological polar surface area (TPSA) is 47.0 Å². The molecule has 0 spiro atoms. The first-order chi connectivity index (χ1) is 7.88. The van der Waals surface area contributed by atoms with Crippen LogP contribution in [0.25, 0.3) is 0 Å². The summed E-state index contributed by atoms with van der Waals surface area (Å²) in [6.07, 6.45) is 5.28. The Labute approximate surface area is 100 Å². The van der Waals surface area contributed by atoms with Gasteiger partial charge in [0.15, 0.2) is 0 Å². The minimum atomic E-state index is 0.744. The number of aromatic nitrogens is 2. The standard InChI is InChI=1S/C11H19N3OS/c1-15-6-5-12-8-11-14-13-10(16-11)7-9-3-2-4-9/h9,12H,2-8H2,1H3. The highest BCUT2D eigenvalue weighted by molar-refractivity contribution is 7.11. The zero-order valence-corrected chi connectivity index (χ0v) is 10.6. The Bertz CT molecular complexity index is 312. The molecule has 16 heavy (non-hydrogen) atoms. The Morgan fingerprint density at radius 2 is 2.19 bits per heavy atom. The number of ether oxygens (including phenoxy) is 1. The van der Waals surface area contributed by atoms with Crippen LogP contribution >= 0.6 is 11.3 Å². The van der Waals surface area contributed by atoms with Crippen molar-refractivity contribution in [3.63, 3.8) is 0 Å². The first-order valence-electron chi connectivity index (χ1n) is 5.89. The average molecular weight is 241 g/mol. The van der Waals surface area contributed by atoms with Gasteiger partial charge in [-0.2, -0.15) is 0 Å². The fourth-order valence-corrected chi connectivity index (χ4v) is 2.68. The van der Waals surface area contributed by atoms with Crippen molar-refractivity contribution in [3.05, 3.63) is 10.0 Å². The van der Waals surface area contributed by atoms with Crippen LogP contribution in [0.4, 0.5) is 0 Å². The summed E-state index contributed by atoms with van der Waals surface area (Å²) in [5.41, 5.74) is 0. The fraction of sp³-hybridized carbons (Fsp3) is 0.818. The molecule has 0 amide bonds. The van der Waals surface area contributed by atoms with Gasteiger partial charge in [-0.1, -0.05) is 19.3 Å². The molecule has 0 radical (unpaired) electrons. The highest BCUT2D eigenvalue weighted by Crippen LogP contribution is 2.30. The number of methoxy groups -OCH3 is 1. The Balaban J connectivity index is 1.69. The van der Waals surface area contributed by atoms with Crippen LogP contribution in [0.2, 0.25) is 0 Å². The minimum Gasteiger partial charge on any atom is -0.383 e. The molecule has 1 aromatic rings. The molecule has 0 aliphatic heterocycles. The highest BCUT2D eigenvalue weighted by atomic mass is 32.1. The normalized spacial score (nSPS) is 16.3. The van der Waals surface area contributed by atoms with Crippen LogP contribution in [0.1, 0.15) is 29.3 Å². The summed E-state index contributed by atoms with van der Waals surface area (Å²) in [6.45, 7) is 2.42. The van der Waals surface area contributed by atoms with Crippen molar-refractivity contribution in [1.29, 1.82) is 0 Å². The van der Waals surface area contributed by atoms with Crippen LogP contribution in [0.3, 0.4) is 0 Å². The second kappa shape index (κ2) is 6.27. The lowest BCUT2D eigenvalue weighted by Crippen LogP contribution is -2.18. The van der Waals surface area contributed by atoms with E-state index in [4.69, 9.17) is 4.74 Å². The van der Waals surface area contributed by atoms with Crippen LogP contribution < -0.4 is 5.32 Å². The third-order valence-corrected chi connectivity index (χ3v) is 3.90. The quantitative estimate of drug-likeness (QED) is 0.737. The van der Waals surface area contributed by atoms with Gasteiger partial charge in [-0.3, -0.25) is 0 Å². The Kier molecular flexibility index (Phi) is 4.69. The van der Waals surface area contributed by atoms with Crippen LogP contribution in [0.15, 0.2) is 0 Å². The van der Waals surface area contributed by atoms with Gasteiger partial charge in [0.05, 0.1) is 6.61 Å². The largest absolute Gasteiger partial charge is 0.383 e. The van der Waals surface area contributed by atoms with Gasteiger partial charge in [-0.15, -0.1) is 21.5 Å². The van der Waals surface area contributed by atoms with Gasteiger partial charge in [-0.05, 0) is 5.92 Å². The van der Waals surface area contributed by atoms with Crippen molar-refractivity contribution in [1.82, 2.24) is 15.5 Å². The number of hydrogen-bond acceptors (Lipinski definition) is 5. The molecule has 0 unspecified atom stereocenters. The molecule has 0 bridgehead atoms. The molecule has 1 saturated carbocycles. The molecule has 1 aliphatic carbocycles. The van der Waals surface area contributed by atoms with E-state index >= 15 is 0 Å². The van der Waals surface area contributed by atoms with Crippen LogP contribution in [0, 0.1) is 5.92 Å². The lowest BCUT2D eigenvalue weighted by atomic mass is 9.83. The second-order valence-electron chi connectivity index (χ2n) is 4.26. The van der Waals surface area contributed by atoms with E-state index in [1.807, 2.05) is 0 Å². The van der Waals surface area contributed by atoms with Gasteiger partial charge < -0.3 is 10.1 Å². The maximum atomic E-state index is 4.96. The molecule has 1 fully saturated rings. The second-order valence-corrected chi connectivity index (χ2v) is 5.41. The molecule has 1 heterocycles. The molecular formula is C11H19N3OS. The van der Waals surface area contributed by atoms with Gasteiger partial charge in [-0.25, -0.2) is 0 Å². The maximum Gasteiger partial charge on any atom is 0.131 e. The van der Waals surface area contributed by atoms with Crippen molar-refractivity contribution >= 4 is 11.3 Å². The van der Waals surface area contributed by atoms with Gasteiger partial charge in [0.1, 0.15) is 10.0 Å². The Morgan fingerprint density at radius 1 is 1.38 bits per heavy atom. The van der Waals surface area contributed by atoms with E-state index < -0.39 is 0 Å². The zero-order chi connectivity index (χ0) is 11.2. The highest BCUT2D eigenvalue weighted by Gasteiger charge is 2.19.